The van der Waals surface area contributed by atoms with E-state index in [0.717, 1.165) is 39.7 Å². The van der Waals surface area contributed by atoms with Gasteiger partial charge in [0.25, 0.3) is 11.8 Å². The van der Waals surface area contributed by atoms with Gasteiger partial charge in [0.15, 0.2) is 0 Å². The Hall–Kier alpha value is -4.43. The molecule has 1 unspecified atom stereocenters. The van der Waals surface area contributed by atoms with Crippen molar-refractivity contribution in [3.63, 3.8) is 0 Å². The van der Waals surface area contributed by atoms with Crippen LogP contribution in [0, 0.1) is 6.92 Å². The molecular formula is C33H34N4O4. The highest BCUT2D eigenvalue weighted by Gasteiger charge is 2.53. The molecule has 0 aliphatic carbocycles. The van der Waals surface area contributed by atoms with E-state index in [0.29, 0.717) is 30.8 Å². The third-order valence-electron chi connectivity index (χ3n) is 7.89. The standard InChI is InChI=1S/C33H34N4O4/c1-20(2)41-18-6-17-34-31(38)23-13-15-24(16-14-23)36-32(39)28-19-26-25-7-4-5-8-27(25)35-29(26)30(37(28)33(36)40)22-11-9-21(3)10-12-22/h4-5,7-16,20,28,30,35H,6,17-19H2,1-3H3,(H,34,38)/t28-,30?/m0/s1. The molecule has 0 saturated carbocycles. The number of H-pyrrole nitrogens is 1. The molecule has 8 heteroatoms. The van der Waals surface area contributed by atoms with Gasteiger partial charge in [-0.15, -0.1) is 0 Å². The fraction of sp³-hybridized carbons (Fsp3) is 0.303. The van der Waals surface area contributed by atoms with Gasteiger partial charge in [0.2, 0.25) is 0 Å². The minimum absolute atomic E-state index is 0.158. The van der Waals surface area contributed by atoms with Gasteiger partial charge in [-0.3, -0.25) is 14.5 Å². The summed E-state index contributed by atoms with van der Waals surface area (Å²) in [7, 11) is 0. The summed E-state index contributed by atoms with van der Waals surface area (Å²) in [6, 6.07) is 21.4. The molecule has 0 bridgehead atoms. The van der Waals surface area contributed by atoms with Crippen molar-refractivity contribution in [2.75, 3.05) is 18.1 Å². The van der Waals surface area contributed by atoms with Gasteiger partial charge in [0.1, 0.15) is 12.1 Å². The summed E-state index contributed by atoms with van der Waals surface area (Å²) in [4.78, 5) is 47.1. The first-order chi connectivity index (χ1) is 19.8. The topological polar surface area (TPSA) is 94.7 Å². The normalized spacial score (nSPS) is 18.2. The quantitative estimate of drug-likeness (QED) is 0.224. The summed E-state index contributed by atoms with van der Waals surface area (Å²) in [6.45, 7) is 7.06. The van der Waals surface area contributed by atoms with Crippen LogP contribution in [0.5, 0.6) is 0 Å². The number of amides is 4. The van der Waals surface area contributed by atoms with Crippen molar-refractivity contribution < 1.29 is 19.1 Å². The fourth-order valence-electron chi connectivity index (χ4n) is 5.86. The van der Waals surface area contributed by atoms with Crippen LogP contribution >= 0.6 is 0 Å². The van der Waals surface area contributed by atoms with E-state index in [1.54, 1.807) is 29.2 Å². The van der Waals surface area contributed by atoms with Gasteiger partial charge in [-0.2, -0.15) is 0 Å². The van der Waals surface area contributed by atoms with Crippen molar-refractivity contribution in [2.45, 2.75) is 51.8 Å². The number of anilines is 1. The molecule has 0 spiro atoms. The summed E-state index contributed by atoms with van der Waals surface area (Å²) >= 11 is 0. The average molecular weight is 551 g/mol. The van der Waals surface area contributed by atoms with Gasteiger partial charge in [-0.1, -0.05) is 48.0 Å². The number of imide groups is 1. The molecule has 8 nitrogen and oxygen atoms in total. The van der Waals surface area contributed by atoms with Crippen molar-refractivity contribution >= 4 is 34.4 Å². The van der Waals surface area contributed by atoms with E-state index in [1.165, 1.54) is 4.90 Å². The number of rotatable bonds is 8. The third kappa shape index (κ3) is 4.89. The summed E-state index contributed by atoms with van der Waals surface area (Å²) in [5, 5.41) is 3.96. The van der Waals surface area contributed by atoms with Crippen LogP contribution in [-0.4, -0.2) is 53.0 Å². The Balaban J connectivity index is 1.27. The van der Waals surface area contributed by atoms with E-state index >= 15 is 0 Å². The van der Waals surface area contributed by atoms with Crippen LogP contribution in [-0.2, 0) is 16.0 Å². The van der Waals surface area contributed by atoms with E-state index in [1.807, 2.05) is 63.2 Å². The molecule has 3 heterocycles. The largest absolute Gasteiger partial charge is 0.379 e. The molecule has 1 aromatic heterocycles. The minimum Gasteiger partial charge on any atom is -0.379 e. The maximum atomic E-state index is 14.0. The molecule has 4 amide bonds. The maximum absolute atomic E-state index is 14.0. The SMILES string of the molecule is Cc1ccc(C2c3[nH]c4ccccc4c3C[C@H]3C(=O)N(c4ccc(C(=O)NCCCOC(C)C)cc4)C(=O)N23)cc1. The van der Waals surface area contributed by atoms with E-state index in [9.17, 15) is 14.4 Å². The van der Waals surface area contributed by atoms with Crippen LogP contribution in [0.1, 0.15) is 59.1 Å². The number of nitrogens with one attached hydrogen (secondary N) is 2. The second-order valence-electron chi connectivity index (χ2n) is 11.0. The first kappa shape index (κ1) is 26.8. The first-order valence-electron chi connectivity index (χ1n) is 14.2. The van der Waals surface area contributed by atoms with Crippen molar-refractivity contribution in [1.29, 1.82) is 0 Å². The summed E-state index contributed by atoms with van der Waals surface area (Å²) in [5.41, 5.74) is 6.00. The number of hydrogen-bond donors (Lipinski definition) is 2. The molecule has 4 aromatic rings. The molecule has 2 N–H and O–H groups in total. The molecule has 210 valence electrons. The van der Waals surface area contributed by atoms with Crippen LogP contribution in [0.2, 0.25) is 0 Å². The van der Waals surface area contributed by atoms with Gasteiger partial charge in [0.05, 0.1) is 11.8 Å². The Morgan fingerprint density at radius 1 is 1.02 bits per heavy atom. The Labute approximate surface area is 239 Å². The molecule has 41 heavy (non-hydrogen) atoms. The number of aryl methyl sites for hydroxylation is 1. The zero-order valence-electron chi connectivity index (χ0n) is 23.5. The molecule has 6 rings (SSSR count). The smallest absolute Gasteiger partial charge is 0.332 e. The van der Waals surface area contributed by atoms with Gasteiger partial charge >= 0.3 is 6.03 Å². The number of carbonyl (C=O) groups is 3. The first-order valence-corrected chi connectivity index (χ1v) is 14.2. The number of ether oxygens (including phenoxy) is 1. The molecule has 1 saturated heterocycles. The monoisotopic (exact) mass is 550 g/mol. The van der Waals surface area contributed by atoms with Gasteiger partial charge < -0.3 is 15.0 Å². The number of urea groups is 1. The van der Waals surface area contributed by atoms with E-state index in [2.05, 4.69) is 16.4 Å². The lowest BCUT2D eigenvalue weighted by molar-refractivity contribution is -0.120. The summed E-state index contributed by atoms with van der Waals surface area (Å²) in [6.07, 6.45) is 1.31. The van der Waals surface area contributed by atoms with Gasteiger partial charge in [-0.25, -0.2) is 9.69 Å². The minimum atomic E-state index is -0.628. The number of carbonyl (C=O) groups excluding carboxylic acids is 3. The Morgan fingerprint density at radius 2 is 1.76 bits per heavy atom. The average Bonchev–Trinajstić information content (AvgIpc) is 3.46. The number of fused-ring (bicyclic) bond motifs is 4. The Bertz CT molecular complexity index is 1610. The van der Waals surface area contributed by atoms with Gasteiger partial charge in [0, 0.05) is 41.7 Å². The van der Waals surface area contributed by atoms with Gasteiger partial charge in [-0.05, 0) is 68.7 Å². The lowest BCUT2D eigenvalue weighted by Gasteiger charge is -2.36. The van der Waals surface area contributed by atoms with Crippen molar-refractivity contribution in [3.8, 4) is 0 Å². The zero-order chi connectivity index (χ0) is 28.7. The molecule has 0 radical (unpaired) electrons. The van der Waals surface area contributed by atoms with Crippen molar-refractivity contribution in [2.24, 2.45) is 0 Å². The highest BCUT2D eigenvalue weighted by Crippen LogP contribution is 2.44. The highest BCUT2D eigenvalue weighted by molar-refractivity contribution is 6.22. The van der Waals surface area contributed by atoms with Crippen LogP contribution in [0.4, 0.5) is 10.5 Å². The molecule has 2 aliphatic heterocycles. The number of hydrogen-bond acceptors (Lipinski definition) is 4. The number of aromatic nitrogens is 1. The highest BCUT2D eigenvalue weighted by atomic mass is 16.5. The van der Waals surface area contributed by atoms with E-state index in [4.69, 9.17) is 4.74 Å². The van der Waals surface area contributed by atoms with Crippen molar-refractivity contribution in [3.05, 3.63) is 101 Å². The van der Waals surface area contributed by atoms with Crippen LogP contribution < -0.4 is 10.2 Å². The lowest BCUT2D eigenvalue weighted by Crippen LogP contribution is -2.44. The second-order valence-corrected chi connectivity index (χ2v) is 11.0. The molecule has 2 aliphatic rings. The van der Waals surface area contributed by atoms with Crippen LogP contribution in [0.15, 0.2) is 72.8 Å². The number of nitrogens with zero attached hydrogens (tertiary/aromatic N) is 2. The molecule has 2 atom stereocenters. The van der Waals surface area contributed by atoms with E-state index in [-0.39, 0.29) is 23.9 Å². The van der Waals surface area contributed by atoms with Crippen LogP contribution in [0.3, 0.4) is 0 Å². The molecule has 1 fully saturated rings. The summed E-state index contributed by atoms with van der Waals surface area (Å²) in [5.74, 6) is -0.465. The van der Waals surface area contributed by atoms with Crippen molar-refractivity contribution in [1.82, 2.24) is 15.2 Å². The lowest BCUT2D eigenvalue weighted by atomic mass is 9.88. The predicted octanol–water partition coefficient (Wildman–Crippen LogP) is 5.50. The Kier molecular flexibility index (Phi) is 7.09. The molecule has 3 aromatic carbocycles. The zero-order valence-corrected chi connectivity index (χ0v) is 23.5. The van der Waals surface area contributed by atoms with Crippen LogP contribution in [0.25, 0.3) is 10.9 Å². The number of aromatic amines is 1. The second kappa shape index (κ2) is 10.9. The summed E-state index contributed by atoms with van der Waals surface area (Å²) < 4.78 is 5.51. The molecular weight excluding hydrogens is 516 g/mol. The maximum Gasteiger partial charge on any atom is 0.332 e. The number of para-hydroxylation sites is 1. The van der Waals surface area contributed by atoms with E-state index < -0.39 is 12.1 Å². The fourth-order valence-corrected chi connectivity index (χ4v) is 5.86. The predicted molar refractivity (Wildman–Crippen MR) is 158 cm³/mol. The Morgan fingerprint density at radius 3 is 2.49 bits per heavy atom. The third-order valence-corrected chi connectivity index (χ3v) is 7.89. The number of benzene rings is 3.